The quantitative estimate of drug-likeness (QED) is 0.575. The Labute approximate surface area is 145 Å². The first kappa shape index (κ1) is 17.3. The van der Waals surface area contributed by atoms with Crippen LogP contribution in [0.2, 0.25) is 0 Å². The van der Waals surface area contributed by atoms with Crippen molar-refractivity contribution >= 4 is 5.96 Å². The summed E-state index contributed by atoms with van der Waals surface area (Å²) in [7, 11) is 0. The van der Waals surface area contributed by atoms with Gasteiger partial charge in [0, 0.05) is 23.9 Å². The van der Waals surface area contributed by atoms with Crippen LogP contribution in [0.4, 0.5) is 0 Å². The molecule has 1 aromatic carbocycles. The van der Waals surface area contributed by atoms with Crippen LogP contribution in [0.5, 0.6) is 0 Å². The lowest BCUT2D eigenvalue weighted by Crippen LogP contribution is -2.42. The highest BCUT2D eigenvalue weighted by atomic mass is 16.3. The van der Waals surface area contributed by atoms with Crippen LogP contribution in [0.1, 0.15) is 57.4 Å². The number of nitrogens with one attached hydrogen (secondary N) is 2. The van der Waals surface area contributed by atoms with Gasteiger partial charge in [-0.25, -0.2) is 0 Å². The minimum absolute atomic E-state index is 0.0804. The summed E-state index contributed by atoms with van der Waals surface area (Å²) in [5.41, 5.74) is 1.32. The van der Waals surface area contributed by atoms with Gasteiger partial charge < -0.3 is 15.7 Å². The molecule has 0 saturated heterocycles. The molecule has 4 unspecified atom stereocenters. The smallest absolute Gasteiger partial charge is 0.191 e. The third-order valence-electron chi connectivity index (χ3n) is 5.56. The average Bonchev–Trinajstić information content (AvgIpc) is 3.36. The third kappa shape index (κ3) is 4.10. The lowest BCUT2D eigenvalue weighted by atomic mass is 9.73. The highest BCUT2D eigenvalue weighted by molar-refractivity contribution is 5.80. The fourth-order valence-corrected chi connectivity index (χ4v) is 3.74. The van der Waals surface area contributed by atoms with Crippen LogP contribution < -0.4 is 10.6 Å². The molecule has 4 nitrogen and oxygen atoms in total. The molecule has 132 valence electrons. The molecule has 1 aromatic rings. The molecular formula is C20H31N3O. The van der Waals surface area contributed by atoms with E-state index in [2.05, 4.69) is 54.8 Å². The van der Waals surface area contributed by atoms with Gasteiger partial charge in [0.25, 0.3) is 0 Å². The Morgan fingerprint density at radius 3 is 2.79 bits per heavy atom. The first-order valence-electron chi connectivity index (χ1n) is 9.40. The molecule has 24 heavy (non-hydrogen) atoms. The second-order valence-electron chi connectivity index (χ2n) is 7.61. The maximum Gasteiger partial charge on any atom is 0.191 e. The van der Waals surface area contributed by atoms with Crippen molar-refractivity contribution in [3.63, 3.8) is 0 Å². The number of aliphatic hydroxyl groups excluding tert-OH is 1. The molecule has 4 heteroatoms. The monoisotopic (exact) mass is 329 g/mol. The molecule has 3 rings (SSSR count). The molecule has 0 aromatic heterocycles. The van der Waals surface area contributed by atoms with Gasteiger partial charge in [-0.2, -0.15) is 0 Å². The molecule has 2 saturated carbocycles. The molecule has 0 spiro atoms. The van der Waals surface area contributed by atoms with Gasteiger partial charge in [-0.1, -0.05) is 50.1 Å². The zero-order chi connectivity index (χ0) is 17.0. The predicted molar refractivity (Wildman–Crippen MR) is 99.3 cm³/mol. The average molecular weight is 329 g/mol. The highest BCUT2D eigenvalue weighted by Gasteiger charge is 2.39. The fourth-order valence-electron chi connectivity index (χ4n) is 3.74. The van der Waals surface area contributed by atoms with Gasteiger partial charge in [-0.15, -0.1) is 0 Å². The molecule has 2 fully saturated rings. The topological polar surface area (TPSA) is 56.7 Å². The minimum atomic E-state index is -0.226. The Balaban J connectivity index is 1.59. The second-order valence-corrected chi connectivity index (χ2v) is 7.61. The van der Waals surface area contributed by atoms with Crippen LogP contribution in [0.3, 0.4) is 0 Å². The zero-order valence-corrected chi connectivity index (χ0v) is 15.0. The molecule has 4 atom stereocenters. The number of aliphatic hydroxyl groups is 1. The summed E-state index contributed by atoms with van der Waals surface area (Å²) in [5, 5.41) is 17.3. The van der Waals surface area contributed by atoms with Gasteiger partial charge in [0.2, 0.25) is 0 Å². The van der Waals surface area contributed by atoms with E-state index in [0.29, 0.717) is 18.5 Å². The van der Waals surface area contributed by atoms with Gasteiger partial charge in [0.1, 0.15) is 0 Å². The second kappa shape index (κ2) is 7.56. The highest BCUT2D eigenvalue weighted by Crippen LogP contribution is 2.40. The van der Waals surface area contributed by atoms with Crippen molar-refractivity contribution < 1.29 is 5.11 Å². The summed E-state index contributed by atoms with van der Waals surface area (Å²) in [6, 6.07) is 11.2. The summed E-state index contributed by atoms with van der Waals surface area (Å²) in [6.07, 6.45) is 5.25. The molecule has 2 aliphatic rings. The number of benzene rings is 1. The number of rotatable bonds is 5. The van der Waals surface area contributed by atoms with E-state index < -0.39 is 0 Å². The number of nitrogens with zero attached hydrogens (tertiary/aromatic N) is 1. The standard InChI is InChI=1S/C20H31N3O/c1-3-21-19(22-14-20(2)12-8-7-11-18(20)24)23-17-13-16(17)15-9-5-4-6-10-15/h4-6,9-10,16-18,24H,3,7-8,11-14H2,1-2H3,(H2,21,22,23). The maximum atomic E-state index is 10.3. The van der Waals surface area contributed by atoms with Gasteiger partial charge in [-0.3, -0.25) is 4.99 Å². The predicted octanol–water partition coefficient (Wildman–Crippen LogP) is 3.04. The van der Waals surface area contributed by atoms with Crippen LogP contribution >= 0.6 is 0 Å². The van der Waals surface area contributed by atoms with Crippen molar-refractivity contribution in [1.82, 2.24) is 10.6 Å². The molecule has 0 bridgehead atoms. The zero-order valence-electron chi connectivity index (χ0n) is 15.0. The van der Waals surface area contributed by atoms with E-state index in [1.807, 2.05) is 0 Å². The summed E-state index contributed by atoms with van der Waals surface area (Å²) >= 11 is 0. The van der Waals surface area contributed by atoms with Crippen molar-refractivity contribution in [2.75, 3.05) is 13.1 Å². The van der Waals surface area contributed by atoms with E-state index in [9.17, 15) is 5.11 Å². The molecule has 0 heterocycles. The minimum Gasteiger partial charge on any atom is -0.392 e. The Morgan fingerprint density at radius 2 is 2.08 bits per heavy atom. The van der Waals surface area contributed by atoms with Crippen molar-refractivity contribution in [3.05, 3.63) is 35.9 Å². The Bertz CT molecular complexity index is 559. The van der Waals surface area contributed by atoms with Crippen molar-refractivity contribution in [3.8, 4) is 0 Å². The van der Waals surface area contributed by atoms with Gasteiger partial charge in [-0.05, 0) is 31.7 Å². The van der Waals surface area contributed by atoms with Crippen LogP contribution in [-0.2, 0) is 0 Å². The first-order valence-corrected chi connectivity index (χ1v) is 9.40. The maximum absolute atomic E-state index is 10.3. The molecule has 2 aliphatic carbocycles. The van der Waals surface area contributed by atoms with Crippen molar-refractivity contribution in [2.45, 2.75) is 64.0 Å². The van der Waals surface area contributed by atoms with Crippen LogP contribution in [0.15, 0.2) is 35.3 Å². The van der Waals surface area contributed by atoms with Crippen LogP contribution in [0, 0.1) is 5.41 Å². The Morgan fingerprint density at radius 1 is 1.29 bits per heavy atom. The largest absolute Gasteiger partial charge is 0.392 e. The molecule has 0 aliphatic heterocycles. The van der Waals surface area contributed by atoms with E-state index in [-0.39, 0.29) is 11.5 Å². The summed E-state index contributed by atoms with van der Waals surface area (Å²) in [6.45, 7) is 5.81. The lowest BCUT2D eigenvalue weighted by Gasteiger charge is -2.37. The summed E-state index contributed by atoms with van der Waals surface area (Å²) in [4.78, 5) is 4.80. The third-order valence-corrected chi connectivity index (χ3v) is 5.56. The van der Waals surface area contributed by atoms with E-state index in [0.717, 1.165) is 38.2 Å². The number of hydrogen-bond acceptors (Lipinski definition) is 2. The number of hydrogen-bond donors (Lipinski definition) is 3. The van der Waals surface area contributed by atoms with E-state index in [4.69, 9.17) is 4.99 Å². The number of aliphatic imine (C=N–C) groups is 1. The fraction of sp³-hybridized carbons (Fsp3) is 0.650. The molecular weight excluding hydrogens is 298 g/mol. The number of guanidine groups is 1. The Hall–Kier alpha value is -1.55. The SMILES string of the molecule is CCNC(=NCC1(C)CCCCC1O)NC1CC1c1ccccc1. The Kier molecular flexibility index (Phi) is 5.44. The summed E-state index contributed by atoms with van der Waals surface area (Å²) < 4.78 is 0. The van der Waals surface area contributed by atoms with Gasteiger partial charge in [0.15, 0.2) is 5.96 Å². The van der Waals surface area contributed by atoms with Gasteiger partial charge in [0.05, 0.1) is 12.6 Å². The summed E-state index contributed by atoms with van der Waals surface area (Å²) in [5.74, 6) is 1.48. The first-order chi connectivity index (χ1) is 11.6. The van der Waals surface area contributed by atoms with E-state index >= 15 is 0 Å². The molecule has 0 amide bonds. The molecule has 3 N–H and O–H groups in total. The van der Waals surface area contributed by atoms with E-state index in [1.54, 1.807) is 0 Å². The van der Waals surface area contributed by atoms with Crippen molar-refractivity contribution in [1.29, 1.82) is 0 Å². The lowest BCUT2D eigenvalue weighted by molar-refractivity contribution is 0.00716. The van der Waals surface area contributed by atoms with Gasteiger partial charge >= 0.3 is 0 Å². The van der Waals surface area contributed by atoms with Crippen LogP contribution in [-0.4, -0.2) is 36.3 Å². The normalized spacial score (nSPS) is 33.1. The van der Waals surface area contributed by atoms with Crippen LogP contribution in [0.25, 0.3) is 0 Å². The van der Waals surface area contributed by atoms with Crippen molar-refractivity contribution in [2.24, 2.45) is 10.4 Å². The molecule has 0 radical (unpaired) electrons. The van der Waals surface area contributed by atoms with E-state index in [1.165, 1.54) is 12.0 Å².